The van der Waals surface area contributed by atoms with Gasteiger partial charge in [-0.1, -0.05) is 0 Å². The van der Waals surface area contributed by atoms with Gasteiger partial charge in [-0.05, 0) is 47.2 Å². The Labute approximate surface area is 90.7 Å². The first kappa shape index (κ1) is 10.7. The minimum atomic E-state index is -0.506. The SMILES string of the molecule is Cc1cc(I)cc(C(N)CO)c1O. The number of nitrogens with two attached hydrogens (primary N) is 1. The molecular weight excluding hydrogens is 281 g/mol. The fourth-order valence-electron chi connectivity index (χ4n) is 1.14. The number of aryl methyl sites for hydroxylation is 1. The maximum atomic E-state index is 9.63. The number of benzene rings is 1. The van der Waals surface area contributed by atoms with Gasteiger partial charge in [-0.2, -0.15) is 0 Å². The van der Waals surface area contributed by atoms with Crippen molar-refractivity contribution in [1.82, 2.24) is 0 Å². The Kier molecular flexibility index (Phi) is 3.52. The Morgan fingerprint density at radius 2 is 2.15 bits per heavy atom. The van der Waals surface area contributed by atoms with E-state index in [1.165, 1.54) is 0 Å². The number of phenols is 1. The van der Waals surface area contributed by atoms with Gasteiger partial charge in [0.05, 0.1) is 12.6 Å². The first-order valence-corrected chi connectivity index (χ1v) is 4.99. The van der Waals surface area contributed by atoms with Crippen molar-refractivity contribution in [2.75, 3.05) is 6.61 Å². The van der Waals surface area contributed by atoms with Gasteiger partial charge < -0.3 is 15.9 Å². The van der Waals surface area contributed by atoms with E-state index in [0.717, 1.165) is 9.13 Å². The lowest BCUT2D eigenvalue weighted by atomic mass is 10.0. The summed E-state index contributed by atoms with van der Waals surface area (Å²) in [6.07, 6.45) is 0. The van der Waals surface area contributed by atoms with Gasteiger partial charge in [0.25, 0.3) is 0 Å². The molecule has 0 aliphatic rings. The molecule has 72 valence electrons. The number of aromatic hydroxyl groups is 1. The van der Waals surface area contributed by atoms with Crippen LogP contribution in [0, 0.1) is 10.5 Å². The van der Waals surface area contributed by atoms with E-state index in [0.29, 0.717) is 5.56 Å². The molecule has 0 radical (unpaired) electrons. The summed E-state index contributed by atoms with van der Waals surface area (Å²) in [5, 5.41) is 18.5. The van der Waals surface area contributed by atoms with Gasteiger partial charge in [-0.15, -0.1) is 0 Å². The summed E-state index contributed by atoms with van der Waals surface area (Å²) in [4.78, 5) is 0. The molecule has 0 heterocycles. The lowest BCUT2D eigenvalue weighted by molar-refractivity contribution is 0.265. The predicted molar refractivity (Wildman–Crippen MR) is 59.6 cm³/mol. The second-order valence-electron chi connectivity index (χ2n) is 2.95. The molecule has 0 saturated heterocycles. The van der Waals surface area contributed by atoms with E-state index in [9.17, 15) is 5.11 Å². The van der Waals surface area contributed by atoms with E-state index in [2.05, 4.69) is 22.6 Å². The molecule has 13 heavy (non-hydrogen) atoms. The Balaban J connectivity index is 3.20. The van der Waals surface area contributed by atoms with Gasteiger partial charge in [-0.25, -0.2) is 0 Å². The van der Waals surface area contributed by atoms with Crippen LogP contribution in [0.15, 0.2) is 12.1 Å². The molecule has 3 nitrogen and oxygen atoms in total. The van der Waals surface area contributed by atoms with E-state index in [-0.39, 0.29) is 12.4 Å². The average molecular weight is 293 g/mol. The van der Waals surface area contributed by atoms with E-state index in [4.69, 9.17) is 10.8 Å². The van der Waals surface area contributed by atoms with Crippen molar-refractivity contribution >= 4 is 22.6 Å². The molecule has 4 heteroatoms. The summed E-state index contributed by atoms with van der Waals surface area (Å²) in [5.74, 6) is 0.182. The number of rotatable bonds is 2. The van der Waals surface area contributed by atoms with Crippen LogP contribution in [-0.2, 0) is 0 Å². The second kappa shape index (κ2) is 4.26. The van der Waals surface area contributed by atoms with Gasteiger partial charge in [0.2, 0.25) is 0 Å². The highest BCUT2D eigenvalue weighted by Crippen LogP contribution is 2.28. The average Bonchev–Trinajstić information content (AvgIpc) is 2.10. The smallest absolute Gasteiger partial charge is 0.123 e. The maximum absolute atomic E-state index is 9.63. The van der Waals surface area contributed by atoms with Gasteiger partial charge in [0.15, 0.2) is 0 Å². The normalized spacial score (nSPS) is 12.9. The summed E-state index contributed by atoms with van der Waals surface area (Å²) in [6.45, 7) is 1.65. The largest absolute Gasteiger partial charge is 0.507 e. The van der Waals surface area contributed by atoms with Gasteiger partial charge in [0, 0.05) is 9.13 Å². The quantitative estimate of drug-likeness (QED) is 0.720. The maximum Gasteiger partial charge on any atom is 0.123 e. The highest BCUT2D eigenvalue weighted by atomic mass is 127. The molecule has 0 saturated carbocycles. The molecule has 0 bridgehead atoms. The van der Waals surface area contributed by atoms with Crippen molar-refractivity contribution in [3.8, 4) is 5.75 Å². The lowest BCUT2D eigenvalue weighted by Gasteiger charge is -2.12. The molecule has 0 fully saturated rings. The number of phenolic OH excluding ortho intramolecular Hbond substituents is 1. The molecule has 0 spiro atoms. The standard InChI is InChI=1S/C9H12INO2/c1-5-2-6(10)3-7(9(5)13)8(11)4-12/h2-3,8,12-13H,4,11H2,1H3. The molecule has 0 amide bonds. The third-order valence-electron chi connectivity index (χ3n) is 1.89. The van der Waals surface area contributed by atoms with Crippen LogP contribution in [0.25, 0.3) is 0 Å². The zero-order valence-electron chi connectivity index (χ0n) is 7.29. The van der Waals surface area contributed by atoms with Crippen LogP contribution < -0.4 is 5.73 Å². The van der Waals surface area contributed by atoms with Crippen molar-refractivity contribution in [1.29, 1.82) is 0 Å². The number of aliphatic hydroxyl groups excluding tert-OH is 1. The highest BCUT2D eigenvalue weighted by molar-refractivity contribution is 14.1. The summed E-state index contributed by atoms with van der Waals surface area (Å²) in [6, 6.07) is 3.14. The van der Waals surface area contributed by atoms with Gasteiger partial charge >= 0.3 is 0 Å². The summed E-state index contributed by atoms with van der Waals surface area (Å²) < 4.78 is 1.01. The highest BCUT2D eigenvalue weighted by Gasteiger charge is 2.12. The Morgan fingerprint density at radius 1 is 1.54 bits per heavy atom. The fraction of sp³-hybridized carbons (Fsp3) is 0.333. The summed E-state index contributed by atoms with van der Waals surface area (Å²) in [7, 11) is 0. The summed E-state index contributed by atoms with van der Waals surface area (Å²) in [5.41, 5.74) is 7.01. The molecule has 1 unspecified atom stereocenters. The first-order valence-electron chi connectivity index (χ1n) is 3.91. The zero-order valence-corrected chi connectivity index (χ0v) is 9.45. The van der Waals surface area contributed by atoms with Crippen molar-refractivity contribution in [3.63, 3.8) is 0 Å². The number of halogens is 1. The molecule has 0 aromatic heterocycles. The van der Waals surface area contributed by atoms with Crippen molar-refractivity contribution in [2.45, 2.75) is 13.0 Å². The third kappa shape index (κ3) is 2.32. The van der Waals surface area contributed by atoms with Crippen LogP contribution in [0.4, 0.5) is 0 Å². The van der Waals surface area contributed by atoms with Crippen molar-refractivity contribution in [3.05, 3.63) is 26.8 Å². The van der Waals surface area contributed by atoms with Gasteiger partial charge in [-0.3, -0.25) is 0 Å². The molecule has 1 rings (SSSR count). The Bertz CT molecular complexity index is 315. The predicted octanol–water partition coefficient (Wildman–Crippen LogP) is 1.30. The number of aliphatic hydroxyl groups is 1. The minimum Gasteiger partial charge on any atom is -0.507 e. The topological polar surface area (TPSA) is 66.5 Å². The first-order chi connectivity index (χ1) is 6.06. The van der Waals surface area contributed by atoms with Crippen molar-refractivity contribution < 1.29 is 10.2 Å². The van der Waals surface area contributed by atoms with E-state index in [1.54, 1.807) is 6.07 Å². The summed E-state index contributed by atoms with van der Waals surface area (Å²) >= 11 is 2.15. The Morgan fingerprint density at radius 3 is 2.69 bits per heavy atom. The molecule has 1 atom stereocenters. The minimum absolute atomic E-state index is 0.160. The fourth-order valence-corrected chi connectivity index (χ4v) is 1.95. The third-order valence-corrected chi connectivity index (χ3v) is 2.51. The molecule has 1 aromatic rings. The van der Waals surface area contributed by atoms with Gasteiger partial charge in [0.1, 0.15) is 5.75 Å². The molecule has 4 N–H and O–H groups in total. The van der Waals surface area contributed by atoms with E-state index >= 15 is 0 Å². The van der Waals surface area contributed by atoms with E-state index < -0.39 is 6.04 Å². The monoisotopic (exact) mass is 293 g/mol. The van der Waals surface area contributed by atoms with Crippen molar-refractivity contribution in [2.24, 2.45) is 5.73 Å². The van der Waals surface area contributed by atoms with Crippen LogP contribution in [0.1, 0.15) is 17.2 Å². The van der Waals surface area contributed by atoms with Crippen LogP contribution in [0.3, 0.4) is 0 Å². The number of hydrogen-bond donors (Lipinski definition) is 3. The second-order valence-corrected chi connectivity index (χ2v) is 4.20. The van der Waals surface area contributed by atoms with Crippen LogP contribution >= 0.6 is 22.6 Å². The Hall–Kier alpha value is -0.330. The zero-order chi connectivity index (χ0) is 10.0. The van der Waals surface area contributed by atoms with Crippen LogP contribution in [0.5, 0.6) is 5.75 Å². The molecule has 0 aliphatic heterocycles. The van der Waals surface area contributed by atoms with Crippen LogP contribution in [0.2, 0.25) is 0 Å². The molecule has 1 aromatic carbocycles. The number of hydrogen-bond acceptors (Lipinski definition) is 3. The van der Waals surface area contributed by atoms with E-state index in [1.807, 2.05) is 13.0 Å². The molecule has 0 aliphatic carbocycles. The molecular formula is C9H12INO2. The van der Waals surface area contributed by atoms with Crippen LogP contribution in [-0.4, -0.2) is 16.8 Å². The lowest BCUT2D eigenvalue weighted by Crippen LogP contribution is -2.15.